The van der Waals surface area contributed by atoms with Crippen molar-refractivity contribution in [2.24, 2.45) is 0 Å². The van der Waals surface area contributed by atoms with Gasteiger partial charge in [0.25, 0.3) is 11.5 Å². The standard InChI is InChI=1S/C21H23N5O2.C2H6/c1-21(2,3)25-20-24-17-12(15-9-14-16(23-15)10-22-18(14)27)5-4-6-13(17)19(28)26(20)11-7-8-11;1-2/h4-6,9,11,23H,7-8,10H2,1-3H3,(H,22,27)(H,24,25);1-2H3. The number of carbonyl (C=O) groups excluding carboxylic acids is 1. The highest BCUT2D eigenvalue weighted by molar-refractivity contribution is 6.01. The van der Waals surface area contributed by atoms with Crippen LogP contribution in [0.2, 0.25) is 0 Å². The molecule has 3 aromatic rings. The summed E-state index contributed by atoms with van der Waals surface area (Å²) in [6.45, 7) is 10.7. The number of para-hydroxylation sites is 1. The fourth-order valence-corrected chi connectivity index (χ4v) is 3.78. The van der Waals surface area contributed by atoms with Gasteiger partial charge in [0.2, 0.25) is 5.95 Å². The van der Waals surface area contributed by atoms with Crippen molar-refractivity contribution in [3.8, 4) is 11.3 Å². The van der Waals surface area contributed by atoms with Crippen LogP contribution in [0.3, 0.4) is 0 Å². The van der Waals surface area contributed by atoms with E-state index in [9.17, 15) is 9.59 Å². The summed E-state index contributed by atoms with van der Waals surface area (Å²) < 4.78 is 1.81. The lowest BCUT2D eigenvalue weighted by molar-refractivity contribution is 0.0965. The zero-order valence-corrected chi connectivity index (χ0v) is 18.2. The van der Waals surface area contributed by atoms with Crippen molar-refractivity contribution in [3.05, 3.63) is 45.9 Å². The lowest BCUT2D eigenvalue weighted by Gasteiger charge is -2.24. The summed E-state index contributed by atoms with van der Waals surface area (Å²) in [5.74, 6) is 0.536. The zero-order chi connectivity index (χ0) is 21.6. The van der Waals surface area contributed by atoms with Gasteiger partial charge in [-0.3, -0.25) is 14.2 Å². The van der Waals surface area contributed by atoms with Crippen molar-refractivity contribution in [1.82, 2.24) is 19.9 Å². The number of aromatic nitrogens is 3. The molecule has 1 saturated carbocycles. The molecule has 0 radical (unpaired) electrons. The van der Waals surface area contributed by atoms with Crippen molar-refractivity contribution in [2.75, 3.05) is 5.32 Å². The van der Waals surface area contributed by atoms with Gasteiger partial charge in [-0.05, 0) is 45.7 Å². The van der Waals surface area contributed by atoms with Gasteiger partial charge in [0.15, 0.2) is 0 Å². The van der Waals surface area contributed by atoms with E-state index in [4.69, 9.17) is 4.98 Å². The Morgan fingerprint density at radius 2 is 1.87 bits per heavy atom. The summed E-state index contributed by atoms with van der Waals surface area (Å²) in [7, 11) is 0. The number of anilines is 1. The van der Waals surface area contributed by atoms with Crippen molar-refractivity contribution < 1.29 is 4.79 Å². The first kappa shape index (κ1) is 20.2. The van der Waals surface area contributed by atoms with Gasteiger partial charge in [0.1, 0.15) is 0 Å². The summed E-state index contributed by atoms with van der Waals surface area (Å²) in [6, 6.07) is 7.71. The van der Waals surface area contributed by atoms with Crippen molar-refractivity contribution in [3.63, 3.8) is 0 Å². The lowest BCUT2D eigenvalue weighted by Crippen LogP contribution is -2.33. The average molecular weight is 408 g/mol. The number of aromatic amines is 1. The Labute approximate surface area is 175 Å². The minimum atomic E-state index is -0.218. The molecule has 1 aliphatic heterocycles. The fraction of sp³-hybridized carbons (Fsp3) is 0.435. The van der Waals surface area contributed by atoms with Crippen LogP contribution in [0.5, 0.6) is 0 Å². The maximum atomic E-state index is 13.3. The molecule has 1 fully saturated rings. The third kappa shape index (κ3) is 3.49. The summed E-state index contributed by atoms with van der Waals surface area (Å²) in [4.78, 5) is 33.5. The van der Waals surface area contributed by atoms with E-state index >= 15 is 0 Å². The minimum Gasteiger partial charge on any atom is -0.356 e. The van der Waals surface area contributed by atoms with Gasteiger partial charge in [-0.25, -0.2) is 4.98 Å². The average Bonchev–Trinajstić information content (AvgIpc) is 3.34. The number of nitrogens with zero attached hydrogens (tertiary/aromatic N) is 2. The Morgan fingerprint density at radius 3 is 2.50 bits per heavy atom. The molecule has 2 aromatic heterocycles. The number of nitrogens with one attached hydrogen (secondary N) is 3. The molecule has 1 aliphatic carbocycles. The molecule has 2 aliphatic rings. The lowest BCUT2D eigenvalue weighted by atomic mass is 10.1. The molecule has 0 saturated heterocycles. The molecule has 158 valence electrons. The Hall–Kier alpha value is -3.09. The van der Waals surface area contributed by atoms with Crippen LogP contribution in [0.4, 0.5) is 5.95 Å². The molecular formula is C23H29N5O2. The third-order valence-electron chi connectivity index (χ3n) is 5.19. The van der Waals surface area contributed by atoms with E-state index in [0.717, 1.165) is 29.8 Å². The van der Waals surface area contributed by atoms with E-state index in [2.05, 4.69) is 36.4 Å². The second-order valence-corrected chi connectivity index (χ2v) is 8.68. The van der Waals surface area contributed by atoms with Crippen LogP contribution in [0, 0.1) is 0 Å². The zero-order valence-electron chi connectivity index (χ0n) is 18.2. The SMILES string of the molecule is CC.CC(C)(C)Nc1nc2c(-c3cc4c([nH]3)CNC4=O)cccc2c(=O)n1C1CC1. The van der Waals surface area contributed by atoms with Crippen LogP contribution in [0.1, 0.15) is 69.6 Å². The molecule has 7 nitrogen and oxygen atoms in total. The van der Waals surface area contributed by atoms with Gasteiger partial charge < -0.3 is 15.6 Å². The number of fused-ring (bicyclic) bond motifs is 2. The van der Waals surface area contributed by atoms with Crippen molar-refractivity contribution in [1.29, 1.82) is 0 Å². The predicted octanol–water partition coefficient (Wildman–Crippen LogP) is 4.21. The number of hydrogen-bond donors (Lipinski definition) is 3. The normalized spacial score (nSPS) is 15.4. The molecule has 0 atom stereocenters. The summed E-state index contributed by atoms with van der Waals surface area (Å²) >= 11 is 0. The highest BCUT2D eigenvalue weighted by atomic mass is 16.2. The molecule has 3 heterocycles. The molecule has 0 unspecified atom stereocenters. The van der Waals surface area contributed by atoms with Gasteiger partial charge in [-0.2, -0.15) is 0 Å². The smallest absolute Gasteiger partial charge is 0.263 e. The van der Waals surface area contributed by atoms with E-state index in [1.54, 1.807) is 4.57 Å². The third-order valence-corrected chi connectivity index (χ3v) is 5.19. The van der Waals surface area contributed by atoms with E-state index in [-0.39, 0.29) is 23.0 Å². The molecule has 30 heavy (non-hydrogen) atoms. The molecule has 0 bridgehead atoms. The van der Waals surface area contributed by atoms with E-state index in [1.165, 1.54) is 0 Å². The molecule has 0 spiro atoms. The van der Waals surface area contributed by atoms with E-state index < -0.39 is 0 Å². The predicted molar refractivity (Wildman–Crippen MR) is 120 cm³/mol. The quantitative estimate of drug-likeness (QED) is 0.607. The Balaban J connectivity index is 0.00000106. The molecule has 5 rings (SSSR count). The van der Waals surface area contributed by atoms with Crippen molar-refractivity contribution >= 4 is 22.8 Å². The molecule has 3 N–H and O–H groups in total. The minimum absolute atomic E-state index is 0.0158. The van der Waals surface area contributed by atoms with Crippen LogP contribution in [0.25, 0.3) is 22.2 Å². The van der Waals surface area contributed by atoms with Gasteiger partial charge in [0, 0.05) is 28.5 Å². The number of H-pyrrole nitrogens is 1. The highest BCUT2D eigenvalue weighted by Gasteiger charge is 2.30. The summed E-state index contributed by atoms with van der Waals surface area (Å²) in [5, 5.41) is 6.81. The number of benzene rings is 1. The van der Waals surface area contributed by atoms with E-state index in [0.29, 0.717) is 29.0 Å². The topological polar surface area (TPSA) is 91.8 Å². The van der Waals surface area contributed by atoms with Gasteiger partial charge in [-0.15, -0.1) is 0 Å². The Bertz CT molecular complexity index is 1180. The van der Waals surface area contributed by atoms with Gasteiger partial charge in [0.05, 0.1) is 23.0 Å². The fourth-order valence-electron chi connectivity index (χ4n) is 3.78. The van der Waals surface area contributed by atoms with Crippen LogP contribution < -0.4 is 16.2 Å². The first-order valence-corrected chi connectivity index (χ1v) is 10.7. The molecule has 1 aromatic carbocycles. The summed E-state index contributed by atoms with van der Waals surface area (Å²) in [5.41, 5.74) is 3.58. The highest BCUT2D eigenvalue weighted by Crippen LogP contribution is 2.37. The number of hydrogen-bond acceptors (Lipinski definition) is 4. The van der Waals surface area contributed by atoms with Gasteiger partial charge >= 0.3 is 0 Å². The van der Waals surface area contributed by atoms with Crippen LogP contribution in [-0.2, 0) is 6.54 Å². The largest absolute Gasteiger partial charge is 0.356 e. The number of amides is 1. The molecule has 1 amide bonds. The second kappa shape index (κ2) is 7.31. The first-order valence-electron chi connectivity index (χ1n) is 10.7. The first-order chi connectivity index (χ1) is 14.3. The Kier molecular flexibility index (Phi) is 4.92. The summed E-state index contributed by atoms with van der Waals surface area (Å²) in [6.07, 6.45) is 2.01. The number of rotatable bonds is 3. The van der Waals surface area contributed by atoms with Crippen molar-refractivity contribution in [2.45, 2.75) is 65.6 Å². The van der Waals surface area contributed by atoms with Crippen LogP contribution in [0.15, 0.2) is 29.1 Å². The van der Waals surface area contributed by atoms with Crippen LogP contribution in [-0.4, -0.2) is 26.0 Å². The van der Waals surface area contributed by atoms with Gasteiger partial charge in [-0.1, -0.05) is 26.0 Å². The Morgan fingerprint density at radius 1 is 1.13 bits per heavy atom. The maximum Gasteiger partial charge on any atom is 0.263 e. The monoisotopic (exact) mass is 407 g/mol. The molecule has 7 heteroatoms. The van der Waals surface area contributed by atoms with Crippen LogP contribution >= 0.6 is 0 Å². The molecular weight excluding hydrogens is 378 g/mol. The maximum absolute atomic E-state index is 13.3. The van der Waals surface area contributed by atoms with E-state index in [1.807, 2.05) is 38.1 Å². The second-order valence-electron chi connectivity index (χ2n) is 8.68. The number of carbonyl (C=O) groups is 1.